The van der Waals surface area contributed by atoms with Crippen molar-refractivity contribution in [3.63, 3.8) is 0 Å². The topological polar surface area (TPSA) is 43.1 Å². The first-order chi connectivity index (χ1) is 14.6. The van der Waals surface area contributed by atoms with Crippen LogP contribution in [-0.4, -0.2) is 18.1 Å². The first-order valence-electron chi connectivity index (χ1n) is 10.2. The lowest BCUT2D eigenvalue weighted by molar-refractivity contribution is -0.610. The van der Waals surface area contributed by atoms with Crippen molar-refractivity contribution in [2.75, 3.05) is 7.11 Å². The summed E-state index contributed by atoms with van der Waals surface area (Å²) in [6.07, 6.45) is 0. The van der Waals surface area contributed by atoms with E-state index in [9.17, 15) is 13.6 Å². The molecule has 0 atom stereocenters. The fourth-order valence-electron chi connectivity index (χ4n) is 3.56. The van der Waals surface area contributed by atoms with Gasteiger partial charge in [-0.15, -0.1) is 4.57 Å². The minimum atomic E-state index is -0.743. The van der Waals surface area contributed by atoms with Crippen LogP contribution in [0.4, 0.5) is 8.78 Å². The number of fused-ring (bicyclic) bond motifs is 6. The zero-order valence-electron chi connectivity index (χ0n) is 18.7. The highest BCUT2D eigenvalue weighted by atomic mass is 19.1. The monoisotopic (exact) mass is 425 g/mol. The number of methoxy groups -OCH3 is 1. The second-order valence-corrected chi connectivity index (χ2v) is 8.67. The average Bonchev–Trinajstić information content (AvgIpc) is 2.71. The Bertz CT molecular complexity index is 1140. The summed E-state index contributed by atoms with van der Waals surface area (Å²) < 4.78 is 35.5. The van der Waals surface area contributed by atoms with E-state index in [4.69, 9.17) is 4.74 Å². The molecule has 3 aromatic rings. The van der Waals surface area contributed by atoms with Crippen molar-refractivity contribution < 1.29 is 22.9 Å². The number of aromatic nitrogens is 2. The molecule has 4 rings (SSSR count). The number of rotatable bonds is 1. The molecule has 1 aliphatic rings. The molecule has 0 fully saturated rings. The largest absolute Gasteiger partial charge is 0.461 e. The Morgan fingerprint density at radius 3 is 2.35 bits per heavy atom. The number of benzene rings is 1. The van der Waals surface area contributed by atoms with Crippen LogP contribution in [0.2, 0.25) is 0 Å². The number of carbonyl (C=O) groups is 1. The maximum Gasteiger partial charge on any atom is 0.403 e. The lowest BCUT2D eigenvalue weighted by atomic mass is 9.82. The molecule has 0 aliphatic carbocycles. The van der Waals surface area contributed by atoms with Crippen LogP contribution in [0.1, 0.15) is 56.5 Å². The van der Waals surface area contributed by atoms with Gasteiger partial charge in [0.15, 0.2) is 5.69 Å². The van der Waals surface area contributed by atoms with E-state index in [2.05, 4.69) is 25.8 Å². The second kappa shape index (κ2) is 8.53. The van der Waals surface area contributed by atoms with Crippen LogP contribution in [0, 0.1) is 17.6 Å². The van der Waals surface area contributed by atoms with E-state index in [0.29, 0.717) is 17.1 Å². The van der Waals surface area contributed by atoms with Crippen molar-refractivity contribution in [3.8, 4) is 16.9 Å². The molecule has 0 amide bonds. The molecular formula is C25H27F2N2O2+. The first-order valence-corrected chi connectivity index (χ1v) is 10.2. The number of pyridine rings is 2. The Morgan fingerprint density at radius 2 is 1.71 bits per heavy atom. The van der Waals surface area contributed by atoms with E-state index in [0.717, 1.165) is 12.0 Å². The van der Waals surface area contributed by atoms with Crippen LogP contribution in [0.3, 0.4) is 0 Å². The summed E-state index contributed by atoms with van der Waals surface area (Å²) >= 11 is 0. The molecule has 3 heterocycles. The molecule has 0 spiro atoms. The van der Waals surface area contributed by atoms with Gasteiger partial charge in [-0.2, -0.15) is 0 Å². The van der Waals surface area contributed by atoms with Crippen LogP contribution in [0.5, 0.6) is 0 Å². The van der Waals surface area contributed by atoms with Crippen molar-refractivity contribution in [2.45, 2.75) is 40.0 Å². The maximum atomic E-state index is 14.8. The minimum Gasteiger partial charge on any atom is -0.461 e. The van der Waals surface area contributed by atoms with Gasteiger partial charge in [0, 0.05) is 24.3 Å². The van der Waals surface area contributed by atoms with Gasteiger partial charge in [0.1, 0.15) is 17.2 Å². The lowest BCUT2D eigenvalue weighted by Crippen LogP contribution is -2.48. The van der Waals surface area contributed by atoms with Crippen LogP contribution >= 0.6 is 0 Å². The summed E-state index contributed by atoms with van der Waals surface area (Å²) in [5, 5.41) is 0. The highest BCUT2D eigenvalue weighted by molar-refractivity contribution is 5.86. The standard InChI is InChI=1S/C21H17F2N2O2.C4H10/c1-21(2)17-8-4-6-14(24-17)19-13(23)10-12(22)11-16(19)25-15(20(26)27-3)7-5-9-18(21)25;1-4(2)3/h4-11H,1-3H3;4H,1-3H3/q+1;. The number of hydrogen-bond acceptors (Lipinski definition) is 3. The Morgan fingerprint density at radius 1 is 1.06 bits per heavy atom. The zero-order valence-corrected chi connectivity index (χ0v) is 18.7. The minimum absolute atomic E-state index is 0.136. The van der Waals surface area contributed by atoms with Crippen LogP contribution < -0.4 is 4.57 Å². The number of ether oxygens (including phenoxy) is 1. The molecule has 6 heteroatoms. The molecule has 2 bridgehead atoms. The Balaban J connectivity index is 0.000000628. The van der Waals surface area contributed by atoms with Crippen molar-refractivity contribution in [1.29, 1.82) is 0 Å². The lowest BCUT2D eigenvalue weighted by Gasteiger charge is -2.26. The summed E-state index contributed by atoms with van der Waals surface area (Å²) in [7, 11) is 1.27. The number of halogens is 2. The molecule has 1 aliphatic heterocycles. The number of carbonyl (C=O) groups excluding carboxylic acids is 1. The van der Waals surface area contributed by atoms with Crippen molar-refractivity contribution >= 4 is 5.97 Å². The van der Waals surface area contributed by atoms with Gasteiger partial charge in [0.05, 0.1) is 23.9 Å². The zero-order chi connectivity index (χ0) is 22.9. The highest BCUT2D eigenvalue weighted by Crippen LogP contribution is 2.36. The van der Waals surface area contributed by atoms with E-state index in [-0.39, 0.29) is 16.9 Å². The van der Waals surface area contributed by atoms with Gasteiger partial charge in [-0.25, -0.2) is 13.6 Å². The summed E-state index contributed by atoms with van der Waals surface area (Å²) in [5.74, 6) is -1.24. The molecule has 31 heavy (non-hydrogen) atoms. The van der Waals surface area contributed by atoms with Crippen LogP contribution in [0.15, 0.2) is 48.5 Å². The molecule has 0 saturated heterocycles. The van der Waals surface area contributed by atoms with Gasteiger partial charge in [-0.1, -0.05) is 26.8 Å². The fraction of sp³-hybridized carbons (Fsp3) is 0.320. The first kappa shape index (κ1) is 22.5. The Labute approximate surface area is 181 Å². The van der Waals surface area contributed by atoms with E-state index in [1.165, 1.54) is 13.2 Å². The van der Waals surface area contributed by atoms with Gasteiger partial charge < -0.3 is 4.74 Å². The second-order valence-electron chi connectivity index (χ2n) is 8.67. The van der Waals surface area contributed by atoms with Crippen LogP contribution in [0.25, 0.3) is 16.9 Å². The average molecular weight is 425 g/mol. The molecule has 0 unspecified atom stereocenters. The van der Waals surface area contributed by atoms with E-state index in [1.54, 1.807) is 28.8 Å². The third-order valence-corrected chi connectivity index (χ3v) is 4.95. The highest BCUT2D eigenvalue weighted by Gasteiger charge is 2.41. The Kier molecular flexibility index (Phi) is 6.20. The fourth-order valence-corrected chi connectivity index (χ4v) is 3.56. The van der Waals surface area contributed by atoms with Gasteiger partial charge in [-0.05, 0) is 38.0 Å². The molecule has 0 N–H and O–H groups in total. The number of nitrogens with zero attached hydrogens (tertiary/aromatic N) is 2. The summed E-state index contributed by atoms with van der Waals surface area (Å²) in [6.45, 7) is 10.4. The molecule has 4 nitrogen and oxygen atoms in total. The molecule has 0 radical (unpaired) electrons. The predicted molar refractivity (Wildman–Crippen MR) is 115 cm³/mol. The van der Waals surface area contributed by atoms with E-state index >= 15 is 0 Å². The molecule has 0 saturated carbocycles. The third kappa shape index (κ3) is 4.20. The summed E-state index contributed by atoms with van der Waals surface area (Å²) in [6, 6.07) is 12.5. The quantitative estimate of drug-likeness (QED) is 0.388. The normalized spacial score (nSPS) is 13.2. The van der Waals surface area contributed by atoms with Crippen molar-refractivity contribution in [1.82, 2.24) is 4.98 Å². The molecule has 2 aromatic heterocycles. The van der Waals surface area contributed by atoms with Crippen LogP contribution in [-0.2, 0) is 10.2 Å². The molecular weight excluding hydrogens is 398 g/mol. The summed E-state index contributed by atoms with van der Waals surface area (Å²) in [5.41, 5.74) is 1.66. The predicted octanol–water partition coefficient (Wildman–Crippen LogP) is 5.39. The maximum absolute atomic E-state index is 14.8. The van der Waals surface area contributed by atoms with Gasteiger partial charge in [0.25, 0.3) is 5.69 Å². The number of esters is 1. The van der Waals surface area contributed by atoms with Gasteiger partial charge in [0.2, 0.25) is 5.69 Å². The molecule has 162 valence electrons. The van der Waals surface area contributed by atoms with Gasteiger partial charge in [-0.3, -0.25) is 4.98 Å². The van der Waals surface area contributed by atoms with E-state index < -0.39 is 23.0 Å². The third-order valence-electron chi connectivity index (χ3n) is 4.95. The van der Waals surface area contributed by atoms with Gasteiger partial charge >= 0.3 is 5.97 Å². The molecule has 1 aromatic carbocycles. The summed E-state index contributed by atoms with van der Waals surface area (Å²) in [4.78, 5) is 17.0. The van der Waals surface area contributed by atoms with Crippen molar-refractivity contribution in [3.05, 3.63) is 77.2 Å². The van der Waals surface area contributed by atoms with E-state index in [1.807, 2.05) is 26.0 Å². The smallest absolute Gasteiger partial charge is 0.403 e. The SMILES string of the molecule is CC(C)C.COC(=O)c1cccc2[n+]1-c1cc(F)cc(F)c1-c1cccc(n1)C2(C)C. The number of hydrogen-bond donors (Lipinski definition) is 0. The van der Waals surface area contributed by atoms with Crippen molar-refractivity contribution in [2.24, 2.45) is 5.92 Å². The Hall–Kier alpha value is -3.15.